The van der Waals surface area contributed by atoms with Gasteiger partial charge in [-0.1, -0.05) is 0 Å². The van der Waals surface area contributed by atoms with Crippen LogP contribution in [-0.2, 0) is 4.74 Å². The van der Waals surface area contributed by atoms with Gasteiger partial charge in [0.1, 0.15) is 11.1 Å². The summed E-state index contributed by atoms with van der Waals surface area (Å²) in [5.41, 5.74) is 3.93. The number of hydrogen-bond acceptors (Lipinski definition) is 7. The molecule has 6 nitrogen and oxygen atoms in total. The third-order valence-corrected chi connectivity index (χ3v) is 5.51. The van der Waals surface area contributed by atoms with E-state index < -0.39 is 5.82 Å². The maximum absolute atomic E-state index is 14.5. The van der Waals surface area contributed by atoms with E-state index in [4.69, 9.17) is 14.2 Å². The summed E-state index contributed by atoms with van der Waals surface area (Å²) in [6.07, 6.45) is 1.35. The van der Waals surface area contributed by atoms with Gasteiger partial charge in [-0.2, -0.15) is 0 Å². The van der Waals surface area contributed by atoms with Crippen LogP contribution in [0.1, 0.15) is 19.4 Å². The van der Waals surface area contributed by atoms with Gasteiger partial charge in [0.2, 0.25) is 5.88 Å². The van der Waals surface area contributed by atoms with E-state index in [2.05, 4.69) is 15.0 Å². The Hall–Kier alpha value is -2.84. The zero-order chi connectivity index (χ0) is 21.3. The number of rotatable bonds is 7. The van der Waals surface area contributed by atoms with Crippen LogP contribution in [0.3, 0.4) is 0 Å². The molecule has 8 heteroatoms. The van der Waals surface area contributed by atoms with Crippen LogP contribution in [0, 0.1) is 12.7 Å². The van der Waals surface area contributed by atoms with Crippen LogP contribution in [0.4, 0.5) is 4.39 Å². The van der Waals surface area contributed by atoms with E-state index in [0.717, 1.165) is 31.9 Å². The van der Waals surface area contributed by atoms with Crippen molar-refractivity contribution in [2.45, 2.75) is 26.9 Å². The van der Waals surface area contributed by atoms with Crippen molar-refractivity contribution in [2.24, 2.45) is 0 Å². The van der Waals surface area contributed by atoms with Crippen LogP contribution < -0.4 is 9.47 Å². The zero-order valence-electron chi connectivity index (χ0n) is 17.2. The molecule has 0 saturated carbocycles. The molecule has 0 N–H and O–H groups in total. The van der Waals surface area contributed by atoms with E-state index in [0.29, 0.717) is 24.6 Å². The maximum Gasteiger partial charge on any atom is 0.232 e. The minimum absolute atomic E-state index is 0.192. The lowest BCUT2D eigenvalue weighted by Gasteiger charge is -2.14. The van der Waals surface area contributed by atoms with Crippen LogP contribution in [0.5, 0.6) is 11.6 Å². The van der Waals surface area contributed by atoms with E-state index >= 15 is 0 Å². The fourth-order valence-electron chi connectivity index (χ4n) is 3.25. The molecule has 0 aliphatic rings. The number of hydrogen-bond donors (Lipinski definition) is 0. The summed E-state index contributed by atoms with van der Waals surface area (Å²) in [6.45, 7) is 6.63. The normalized spacial score (nSPS) is 12.4. The maximum atomic E-state index is 14.5. The molecule has 4 rings (SSSR count). The van der Waals surface area contributed by atoms with Crippen LogP contribution >= 0.6 is 11.3 Å². The molecule has 1 unspecified atom stereocenters. The summed E-state index contributed by atoms with van der Waals surface area (Å²) < 4.78 is 31.6. The minimum Gasteiger partial charge on any atom is -0.485 e. The van der Waals surface area contributed by atoms with Crippen molar-refractivity contribution in [1.82, 2.24) is 15.0 Å². The van der Waals surface area contributed by atoms with E-state index in [1.807, 2.05) is 32.9 Å². The van der Waals surface area contributed by atoms with Gasteiger partial charge in [-0.15, -0.1) is 11.3 Å². The van der Waals surface area contributed by atoms with Gasteiger partial charge in [0.05, 0.1) is 40.7 Å². The molecule has 0 fully saturated rings. The predicted octanol–water partition coefficient (Wildman–Crippen LogP) is 5.17. The first-order valence-corrected chi connectivity index (χ1v) is 10.5. The second-order valence-electron chi connectivity index (χ2n) is 6.97. The number of aromatic nitrogens is 3. The summed E-state index contributed by atoms with van der Waals surface area (Å²) in [4.78, 5) is 13.7. The molecule has 0 aliphatic heterocycles. The second-order valence-corrected chi connectivity index (χ2v) is 8.01. The van der Waals surface area contributed by atoms with E-state index in [1.165, 1.54) is 17.4 Å². The molecule has 1 atom stereocenters. The summed E-state index contributed by atoms with van der Waals surface area (Å²) in [6, 6.07) is 7.07. The van der Waals surface area contributed by atoms with Crippen LogP contribution in [0.25, 0.3) is 31.8 Å². The predicted molar refractivity (Wildman–Crippen MR) is 116 cm³/mol. The first-order valence-electron chi connectivity index (χ1n) is 9.64. The van der Waals surface area contributed by atoms with Gasteiger partial charge in [0, 0.05) is 24.8 Å². The smallest absolute Gasteiger partial charge is 0.232 e. The Morgan fingerprint density at radius 1 is 1.13 bits per heavy atom. The zero-order valence-corrected chi connectivity index (χ0v) is 18.0. The Labute approximate surface area is 177 Å². The van der Waals surface area contributed by atoms with Crippen molar-refractivity contribution in [3.05, 3.63) is 41.8 Å². The fourth-order valence-corrected chi connectivity index (χ4v) is 4.24. The first-order chi connectivity index (χ1) is 14.5. The Bertz CT molecular complexity index is 1210. The quantitative estimate of drug-likeness (QED) is 0.406. The Morgan fingerprint density at radius 2 is 1.97 bits per heavy atom. The van der Waals surface area contributed by atoms with Crippen molar-refractivity contribution in [3.8, 4) is 22.2 Å². The molecule has 4 aromatic rings. The molecule has 30 heavy (non-hydrogen) atoms. The third kappa shape index (κ3) is 4.06. The molecule has 0 aliphatic carbocycles. The summed E-state index contributed by atoms with van der Waals surface area (Å²) >= 11 is 1.46. The number of nitrogens with zero attached hydrogens (tertiary/aromatic N) is 3. The Morgan fingerprint density at radius 3 is 2.73 bits per heavy atom. The van der Waals surface area contributed by atoms with Crippen molar-refractivity contribution in [1.29, 1.82) is 0 Å². The molecule has 0 saturated heterocycles. The third-order valence-electron chi connectivity index (χ3n) is 4.46. The molecular formula is C22H22FN3O3S. The summed E-state index contributed by atoms with van der Waals surface area (Å²) in [5, 5.41) is 0.749. The number of fused-ring (bicyclic) bond motifs is 2. The Kier molecular flexibility index (Phi) is 5.78. The monoisotopic (exact) mass is 427 g/mol. The first kappa shape index (κ1) is 20.4. The van der Waals surface area contributed by atoms with Gasteiger partial charge < -0.3 is 14.2 Å². The number of aryl methyl sites for hydroxylation is 1. The SMILES string of the molecule is CCOc1cnc2c(-c3nc4cc(F)c(OC(C)COC)cc4s3)cc(C)cc2n1. The van der Waals surface area contributed by atoms with Crippen molar-refractivity contribution >= 4 is 32.6 Å². The van der Waals surface area contributed by atoms with E-state index in [1.54, 1.807) is 19.4 Å². The molecule has 2 aromatic carbocycles. The number of benzene rings is 2. The number of methoxy groups -OCH3 is 1. The summed E-state index contributed by atoms with van der Waals surface area (Å²) in [5.74, 6) is 0.231. The van der Waals surface area contributed by atoms with Gasteiger partial charge in [0.15, 0.2) is 11.6 Å². The highest BCUT2D eigenvalue weighted by atomic mass is 32.1. The topological polar surface area (TPSA) is 66.4 Å². The highest BCUT2D eigenvalue weighted by Crippen LogP contribution is 2.37. The van der Waals surface area contributed by atoms with Gasteiger partial charge in [0.25, 0.3) is 0 Å². The fraction of sp³-hybridized carbons (Fsp3) is 0.318. The lowest BCUT2D eigenvalue weighted by atomic mass is 10.1. The average Bonchev–Trinajstić information content (AvgIpc) is 3.10. The molecule has 2 aromatic heterocycles. The standard InChI is InChI=1S/C22H22FN3O3S/c1-5-28-20-10-24-21-14(6-12(2)7-17(21)25-20)22-26-16-8-15(23)18(9-19(16)30-22)29-13(3)11-27-4/h6-10,13H,5,11H2,1-4H3. The van der Waals surface area contributed by atoms with Crippen LogP contribution in [0.2, 0.25) is 0 Å². The lowest BCUT2D eigenvalue weighted by molar-refractivity contribution is 0.0894. The van der Waals surface area contributed by atoms with Crippen molar-refractivity contribution in [3.63, 3.8) is 0 Å². The lowest BCUT2D eigenvalue weighted by Crippen LogP contribution is -2.18. The number of ether oxygens (including phenoxy) is 3. The molecule has 0 bridgehead atoms. The van der Waals surface area contributed by atoms with Gasteiger partial charge >= 0.3 is 0 Å². The molecule has 0 radical (unpaired) electrons. The van der Waals surface area contributed by atoms with E-state index in [-0.39, 0.29) is 11.9 Å². The molecule has 0 spiro atoms. The largest absolute Gasteiger partial charge is 0.485 e. The highest BCUT2D eigenvalue weighted by Gasteiger charge is 2.16. The minimum atomic E-state index is -0.447. The van der Waals surface area contributed by atoms with Gasteiger partial charge in [-0.05, 0) is 38.5 Å². The number of halogens is 1. The van der Waals surface area contributed by atoms with E-state index in [9.17, 15) is 4.39 Å². The van der Waals surface area contributed by atoms with Crippen molar-refractivity contribution < 1.29 is 18.6 Å². The van der Waals surface area contributed by atoms with Crippen molar-refractivity contribution in [2.75, 3.05) is 20.3 Å². The number of thiazole rings is 1. The molecule has 0 amide bonds. The van der Waals surface area contributed by atoms with Gasteiger partial charge in [-0.25, -0.2) is 19.3 Å². The van der Waals surface area contributed by atoms with Crippen LogP contribution in [0.15, 0.2) is 30.5 Å². The van der Waals surface area contributed by atoms with Crippen LogP contribution in [-0.4, -0.2) is 41.4 Å². The summed E-state index contributed by atoms with van der Waals surface area (Å²) in [7, 11) is 1.58. The molecule has 2 heterocycles. The molecular weight excluding hydrogens is 405 g/mol. The second kappa shape index (κ2) is 8.49. The Balaban J connectivity index is 1.78. The average molecular weight is 428 g/mol. The van der Waals surface area contributed by atoms with Gasteiger partial charge in [-0.3, -0.25) is 0 Å². The molecule has 156 valence electrons. The highest BCUT2D eigenvalue weighted by molar-refractivity contribution is 7.21.